The Balaban J connectivity index is 1.99. The van der Waals surface area contributed by atoms with E-state index in [1.807, 2.05) is 0 Å². The number of halogens is 1. The first-order chi connectivity index (χ1) is 10.4. The van der Waals surface area contributed by atoms with Crippen LogP contribution in [0.3, 0.4) is 0 Å². The largest absolute Gasteiger partial charge is 0.506 e. The molecule has 0 unspecified atom stereocenters. The van der Waals surface area contributed by atoms with E-state index in [0.29, 0.717) is 10.7 Å². The standard InChI is InChI=1S/C16H15ClN2O3/c1-10(20)18-13-5-2-11(3-6-13)8-16(22)19-14-9-12(17)4-7-15(14)21/h2-7,9,21H,8H2,1H3,(H,18,20)(H,19,22). The summed E-state index contributed by atoms with van der Waals surface area (Å²) in [6, 6.07) is 11.4. The number of hydrogen-bond donors (Lipinski definition) is 3. The van der Waals surface area contributed by atoms with Gasteiger partial charge in [-0.25, -0.2) is 0 Å². The molecule has 2 aromatic rings. The van der Waals surface area contributed by atoms with Gasteiger partial charge in [-0.05, 0) is 35.9 Å². The van der Waals surface area contributed by atoms with E-state index in [0.717, 1.165) is 5.56 Å². The molecule has 2 amide bonds. The van der Waals surface area contributed by atoms with Gasteiger partial charge < -0.3 is 15.7 Å². The van der Waals surface area contributed by atoms with E-state index in [2.05, 4.69) is 10.6 Å². The molecule has 0 aliphatic carbocycles. The van der Waals surface area contributed by atoms with Crippen LogP contribution in [0.25, 0.3) is 0 Å². The van der Waals surface area contributed by atoms with Crippen molar-refractivity contribution in [1.82, 2.24) is 0 Å². The predicted octanol–water partition coefficient (Wildman–Crippen LogP) is 3.19. The van der Waals surface area contributed by atoms with Crippen LogP contribution < -0.4 is 10.6 Å². The molecular formula is C16H15ClN2O3. The van der Waals surface area contributed by atoms with Gasteiger partial charge in [-0.15, -0.1) is 0 Å². The maximum absolute atomic E-state index is 12.0. The van der Waals surface area contributed by atoms with E-state index in [1.54, 1.807) is 24.3 Å². The molecule has 0 saturated heterocycles. The van der Waals surface area contributed by atoms with E-state index in [-0.39, 0.29) is 29.7 Å². The Kier molecular flexibility index (Phi) is 5.01. The van der Waals surface area contributed by atoms with Crippen LogP contribution in [-0.4, -0.2) is 16.9 Å². The van der Waals surface area contributed by atoms with Gasteiger partial charge in [0.2, 0.25) is 11.8 Å². The maximum Gasteiger partial charge on any atom is 0.228 e. The first-order valence-electron chi connectivity index (χ1n) is 6.59. The Bertz CT molecular complexity index is 699. The lowest BCUT2D eigenvalue weighted by Crippen LogP contribution is -2.14. The number of amides is 2. The Morgan fingerprint density at radius 2 is 1.77 bits per heavy atom. The third-order valence-electron chi connectivity index (χ3n) is 2.87. The van der Waals surface area contributed by atoms with E-state index < -0.39 is 0 Å². The molecule has 0 aliphatic rings. The molecule has 5 nitrogen and oxygen atoms in total. The topological polar surface area (TPSA) is 78.4 Å². The number of anilines is 2. The molecule has 0 atom stereocenters. The van der Waals surface area contributed by atoms with E-state index in [4.69, 9.17) is 11.6 Å². The van der Waals surface area contributed by atoms with Crippen LogP contribution >= 0.6 is 11.6 Å². The normalized spacial score (nSPS) is 10.1. The minimum Gasteiger partial charge on any atom is -0.506 e. The summed E-state index contributed by atoms with van der Waals surface area (Å²) in [7, 11) is 0. The van der Waals surface area contributed by atoms with Crippen LogP contribution in [0.4, 0.5) is 11.4 Å². The van der Waals surface area contributed by atoms with Gasteiger partial charge in [-0.2, -0.15) is 0 Å². The monoisotopic (exact) mass is 318 g/mol. The Labute approximate surface area is 132 Å². The second kappa shape index (κ2) is 6.95. The van der Waals surface area contributed by atoms with Gasteiger partial charge in [0, 0.05) is 17.6 Å². The van der Waals surface area contributed by atoms with Crippen LogP contribution in [0.1, 0.15) is 12.5 Å². The minimum absolute atomic E-state index is 0.0428. The van der Waals surface area contributed by atoms with Crippen LogP contribution in [0, 0.1) is 0 Å². The lowest BCUT2D eigenvalue weighted by molar-refractivity contribution is -0.116. The number of nitrogens with one attached hydrogen (secondary N) is 2. The summed E-state index contributed by atoms with van der Waals surface area (Å²) >= 11 is 5.82. The summed E-state index contributed by atoms with van der Waals surface area (Å²) in [6.07, 6.45) is 0.145. The number of benzene rings is 2. The molecule has 2 aromatic carbocycles. The first kappa shape index (κ1) is 15.9. The number of rotatable bonds is 4. The fourth-order valence-electron chi connectivity index (χ4n) is 1.90. The van der Waals surface area contributed by atoms with Crippen LogP contribution in [-0.2, 0) is 16.0 Å². The van der Waals surface area contributed by atoms with E-state index >= 15 is 0 Å². The van der Waals surface area contributed by atoms with Gasteiger partial charge in [0.25, 0.3) is 0 Å². The smallest absolute Gasteiger partial charge is 0.228 e. The molecule has 3 N–H and O–H groups in total. The molecule has 0 heterocycles. The Morgan fingerprint density at radius 3 is 2.41 bits per heavy atom. The first-order valence-corrected chi connectivity index (χ1v) is 6.97. The van der Waals surface area contributed by atoms with E-state index in [1.165, 1.54) is 25.1 Å². The molecule has 0 aliphatic heterocycles. The minimum atomic E-state index is -0.273. The second-order valence-corrected chi connectivity index (χ2v) is 5.20. The molecule has 0 saturated carbocycles. The van der Waals surface area contributed by atoms with Gasteiger partial charge in [0.05, 0.1) is 12.1 Å². The Hall–Kier alpha value is -2.53. The highest BCUT2D eigenvalue weighted by atomic mass is 35.5. The fraction of sp³-hybridized carbons (Fsp3) is 0.125. The number of phenols is 1. The molecular weight excluding hydrogens is 304 g/mol. The lowest BCUT2D eigenvalue weighted by Gasteiger charge is -2.08. The average Bonchev–Trinajstić information content (AvgIpc) is 2.44. The third kappa shape index (κ3) is 4.49. The molecule has 0 bridgehead atoms. The molecule has 0 spiro atoms. The van der Waals surface area contributed by atoms with Crippen molar-refractivity contribution < 1.29 is 14.7 Å². The molecule has 2 rings (SSSR count). The van der Waals surface area contributed by atoms with Gasteiger partial charge >= 0.3 is 0 Å². The van der Waals surface area contributed by atoms with Crippen molar-refractivity contribution in [2.75, 3.05) is 10.6 Å². The predicted molar refractivity (Wildman–Crippen MR) is 86.2 cm³/mol. The van der Waals surface area contributed by atoms with Crippen molar-refractivity contribution in [3.63, 3.8) is 0 Å². The number of aromatic hydroxyl groups is 1. The summed E-state index contributed by atoms with van der Waals surface area (Å²) in [5.74, 6) is -0.467. The number of hydrogen-bond acceptors (Lipinski definition) is 3. The zero-order valence-corrected chi connectivity index (χ0v) is 12.6. The Morgan fingerprint density at radius 1 is 1.09 bits per heavy atom. The van der Waals surface area contributed by atoms with Crippen LogP contribution in [0.5, 0.6) is 5.75 Å². The molecule has 0 aromatic heterocycles. The van der Waals surface area contributed by atoms with Gasteiger partial charge in [-0.3, -0.25) is 9.59 Å². The van der Waals surface area contributed by atoms with Crippen molar-refractivity contribution >= 4 is 34.8 Å². The third-order valence-corrected chi connectivity index (χ3v) is 3.11. The maximum atomic E-state index is 12.0. The van der Waals surface area contributed by atoms with Crippen molar-refractivity contribution in [2.24, 2.45) is 0 Å². The number of phenolic OH excluding ortho intramolecular Hbond substituents is 1. The van der Waals surface area contributed by atoms with Gasteiger partial charge in [0.1, 0.15) is 5.75 Å². The zero-order chi connectivity index (χ0) is 16.1. The summed E-state index contributed by atoms with van der Waals surface area (Å²) < 4.78 is 0. The zero-order valence-electron chi connectivity index (χ0n) is 11.9. The van der Waals surface area contributed by atoms with Crippen LogP contribution in [0.15, 0.2) is 42.5 Å². The van der Waals surface area contributed by atoms with Crippen LogP contribution in [0.2, 0.25) is 5.02 Å². The molecule has 6 heteroatoms. The van der Waals surface area contributed by atoms with Gasteiger partial charge in [0.15, 0.2) is 0 Å². The number of carbonyl (C=O) groups is 2. The SMILES string of the molecule is CC(=O)Nc1ccc(CC(=O)Nc2cc(Cl)ccc2O)cc1. The highest BCUT2D eigenvalue weighted by Gasteiger charge is 2.08. The molecule has 22 heavy (non-hydrogen) atoms. The average molecular weight is 319 g/mol. The van der Waals surface area contributed by atoms with Gasteiger partial charge in [-0.1, -0.05) is 23.7 Å². The van der Waals surface area contributed by atoms with E-state index in [9.17, 15) is 14.7 Å². The molecule has 114 valence electrons. The molecule has 0 fully saturated rings. The van der Waals surface area contributed by atoms with Crippen molar-refractivity contribution in [3.8, 4) is 5.75 Å². The highest BCUT2D eigenvalue weighted by Crippen LogP contribution is 2.26. The quantitative estimate of drug-likeness (QED) is 0.758. The second-order valence-electron chi connectivity index (χ2n) is 4.76. The summed E-state index contributed by atoms with van der Waals surface area (Å²) in [5, 5.41) is 15.3. The summed E-state index contributed by atoms with van der Waals surface area (Å²) in [6.45, 7) is 1.43. The number of carbonyl (C=O) groups excluding carboxylic acids is 2. The fourth-order valence-corrected chi connectivity index (χ4v) is 2.07. The molecule has 0 radical (unpaired) electrons. The van der Waals surface area contributed by atoms with Crippen molar-refractivity contribution in [2.45, 2.75) is 13.3 Å². The van der Waals surface area contributed by atoms with Crippen molar-refractivity contribution in [3.05, 3.63) is 53.1 Å². The lowest BCUT2D eigenvalue weighted by atomic mass is 10.1. The van der Waals surface area contributed by atoms with Crippen molar-refractivity contribution in [1.29, 1.82) is 0 Å². The summed E-state index contributed by atoms with van der Waals surface area (Å²) in [4.78, 5) is 22.9. The summed E-state index contributed by atoms with van der Waals surface area (Å²) in [5.41, 5.74) is 1.73. The highest BCUT2D eigenvalue weighted by molar-refractivity contribution is 6.31.